The van der Waals surface area contributed by atoms with Crippen molar-refractivity contribution in [3.8, 4) is 11.6 Å². The molecule has 3 aromatic carbocycles. The van der Waals surface area contributed by atoms with Gasteiger partial charge in [0.25, 0.3) is 21.6 Å². The third-order valence-corrected chi connectivity index (χ3v) is 17.2. The van der Waals surface area contributed by atoms with Gasteiger partial charge in [0.1, 0.15) is 30.1 Å². The smallest absolute Gasteiger partial charge is 0.297 e. The molecule has 8 heterocycles. The number of hydrogen-bond acceptors (Lipinski definition) is 15. The van der Waals surface area contributed by atoms with E-state index in [1.165, 1.54) is 42.9 Å². The van der Waals surface area contributed by atoms with Crippen molar-refractivity contribution in [3.63, 3.8) is 0 Å². The van der Waals surface area contributed by atoms with Crippen molar-refractivity contribution in [2.24, 2.45) is 5.41 Å². The lowest BCUT2D eigenvalue weighted by atomic mass is 9.59. The fourth-order valence-electron chi connectivity index (χ4n) is 12.3. The number of rotatable bonds is 10. The van der Waals surface area contributed by atoms with E-state index in [0.717, 1.165) is 49.6 Å². The normalized spacial score (nSPS) is 25.4. The molecule has 7 aliphatic rings. The third-order valence-electron chi connectivity index (χ3n) is 15.9. The molecule has 2 aromatic heterocycles. The highest BCUT2D eigenvalue weighted by molar-refractivity contribution is 7.90. The van der Waals surface area contributed by atoms with Gasteiger partial charge in [0.2, 0.25) is 5.88 Å². The number of benzene rings is 3. The Morgan fingerprint density at radius 3 is 2.57 bits per heavy atom. The van der Waals surface area contributed by atoms with Gasteiger partial charge in [0.15, 0.2) is 11.4 Å². The number of pyridine rings is 1. The van der Waals surface area contributed by atoms with E-state index >= 15 is 0 Å². The Morgan fingerprint density at radius 2 is 1.77 bits per heavy atom. The molecular formula is C51H58N8O10S. The van der Waals surface area contributed by atoms with E-state index < -0.39 is 49.7 Å². The number of nitro benzene ring substituents is 1. The molecule has 5 atom stereocenters. The summed E-state index contributed by atoms with van der Waals surface area (Å²) in [4.78, 5) is 41.1. The van der Waals surface area contributed by atoms with Gasteiger partial charge in [-0.15, -0.1) is 0 Å². The van der Waals surface area contributed by atoms with E-state index in [-0.39, 0.29) is 41.7 Å². The van der Waals surface area contributed by atoms with E-state index in [2.05, 4.69) is 62.9 Å². The van der Waals surface area contributed by atoms with E-state index in [9.17, 15) is 23.3 Å². The first-order valence-electron chi connectivity index (χ1n) is 24.7. The molecule has 12 rings (SSSR count). The number of fused-ring (bicyclic) bond motifs is 4. The van der Waals surface area contributed by atoms with Gasteiger partial charge in [-0.3, -0.25) is 19.8 Å². The summed E-state index contributed by atoms with van der Waals surface area (Å²) in [5.41, 5.74) is 5.43. The maximum atomic E-state index is 14.7. The number of nitrogens with zero attached hydrogens (tertiary/aromatic N) is 5. The van der Waals surface area contributed by atoms with Crippen molar-refractivity contribution in [2.45, 2.75) is 99.6 Å². The second kappa shape index (κ2) is 17.7. The number of ether oxygens (including phenoxy) is 5. The highest BCUT2D eigenvalue weighted by Crippen LogP contribution is 2.55. The number of nitro groups is 1. The number of carbonyl (C=O) groups excluding carboxylic acids is 1. The quantitative estimate of drug-likeness (QED) is 0.0937. The van der Waals surface area contributed by atoms with Crippen molar-refractivity contribution in [1.82, 2.24) is 19.6 Å². The van der Waals surface area contributed by atoms with Gasteiger partial charge >= 0.3 is 0 Å². The summed E-state index contributed by atoms with van der Waals surface area (Å²) in [6.07, 6.45) is 7.85. The Hall–Kier alpha value is -5.99. The number of likely N-dealkylation sites (tertiary alicyclic amines) is 1. The van der Waals surface area contributed by atoms with Crippen molar-refractivity contribution in [1.29, 1.82) is 0 Å². The van der Waals surface area contributed by atoms with Crippen LogP contribution in [0.15, 0.2) is 77.8 Å². The predicted octanol–water partition coefficient (Wildman–Crippen LogP) is 7.19. The van der Waals surface area contributed by atoms with Gasteiger partial charge in [-0.05, 0) is 97.9 Å². The molecular weight excluding hydrogens is 917 g/mol. The van der Waals surface area contributed by atoms with Crippen LogP contribution >= 0.6 is 0 Å². The number of piperidine rings is 1. The summed E-state index contributed by atoms with van der Waals surface area (Å²) < 4.78 is 60.5. The molecule has 0 unspecified atom stereocenters. The zero-order valence-corrected chi connectivity index (χ0v) is 40.1. The van der Waals surface area contributed by atoms with Crippen LogP contribution in [-0.4, -0.2) is 124 Å². The van der Waals surface area contributed by atoms with Crippen LogP contribution in [0.1, 0.15) is 85.8 Å². The maximum absolute atomic E-state index is 14.7. The Balaban J connectivity index is 0.831. The number of sulfonamides is 1. The van der Waals surface area contributed by atoms with E-state index in [0.29, 0.717) is 67.3 Å². The second-order valence-electron chi connectivity index (χ2n) is 20.3. The Bertz CT molecular complexity index is 2960. The Labute approximate surface area is 406 Å². The first kappa shape index (κ1) is 45.2. The van der Waals surface area contributed by atoms with Gasteiger partial charge in [-0.2, -0.15) is 4.98 Å². The third kappa shape index (κ3) is 7.99. The standard InChI is InChI=1S/C51H58N8O10S/c1-30(2)35-6-3-4-7-36(35)39-8-5-15-57(39)33-24-51(25-33)12-16-56(17-13-51)32-9-10-37(40(21-32)58-42-20-31-11-14-52-48(31)54-50(42)69-46-29-66-27-43(46)58)49(60)55-70(63,64)34-22-41(59(61)62)47-44(23-34)68-26-38(53-47)45-28-65-18-19-67-45/h3-4,6-7,9-11,14,20-23,30,33,38-39,43,45-46,53H,5,8,12-13,15-19,24-29H2,1-2H3,(H,52,54)(H,55,60)/t38-,39+,43+,45-,46+/m1/s1. The minimum Gasteiger partial charge on any atom is -0.489 e. The minimum absolute atomic E-state index is 0.0206. The van der Waals surface area contributed by atoms with Gasteiger partial charge in [0, 0.05) is 54.6 Å². The number of hydrogen-bond donors (Lipinski definition) is 3. The Kier molecular flexibility index (Phi) is 11.4. The van der Waals surface area contributed by atoms with Crippen LogP contribution in [0, 0.1) is 15.5 Å². The monoisotopic (exact) mass is 974 g/mol. The topological polar surface area (TPSA) is 203 Å². The molecule has 19 heteroatoms. The number of nitrogens with one attached hydrogen (secondary N) is 3. The van der Waals surface area contributed by atoms with Crippen LogP contribution in [0.4, 0.5) is 28.4 Å². The first-order chi connectivity index (χ1) is 33.9. The molecule has 5 fully saturated rings. The molecule has 3 N–H and O–H groups in total. The molecule has 70 heavy (non-hydrogen) atoms. The predicted molar refractivity (Wildman–Crippen MR) is 261 cm³/mol. The van der Waals surface area contributed by atoms with Crippen LogP contribution in [0.25, 0.3) is 11.0 Å². The summed E-state index contributed by atoms with van der Waals surface area (Å²) in [5.74, 6) is -0.103. The van der Waals surface area contributed by atoms with Crippen LogP contribution in [-0.2, 0) is 24.2 Å². The van der Waals surface area contributed by atoms with Crippen LogP contribution in [0.2, 0.25) is 0 Å². The molecule has 18 nitrogen and oxygen atoms in total. The summed E-state index contributed by atoms with van der Waals surface area (Å²) in [7, 11) is -4.71. The minimum atomic E-state index is -4.71. The molecule has 6 aliphatic heterocycles. The van der Waals surface area contributed by atoms with Crippen LogP contribution in [0.5, 0.6) is 11.6 Å². The number of H-pyrrole nitrogens is 1. The molecule has 0 radical (unpaired) electrons. The van der Waals surface area contributed by atoms with Crippen molar-refractivity contribution in [2.75, 3.05) is 74.4 Å². The largest absolute Gasteiger partial charge is 0.489 e. The highest BCUT2D eigenvalue weighted by Gasteiger charge is 2.50. The van der Waals surface area contributed by atoms with Crippen molar-refractivity contribution in [3.05, 3.63) is 99.7 Å². The van der Waals surface area contributed by atoms with Crippen LogP contribution < -0.4 is 29.3 Å². The molecule has 0 bridgehead atoms. The van der Waals surface area contributed by atoms with Crippen molar-refractivity contribution < 1.29 is 41.8 Å². The summed E-state index contributed by atoms with van der Waals surface area (Å²) in [6.45, 7) is 9.12. The number of aromatic amines is 1. The maximum Gasteiger partial charge on any atom is 0.297 e. The van der Waals surface area contributed by atoms with Gasteiger partial charge in [0.05, 0.1) is 66.2 Å². The molecule has 368 valence electrons. The molecule has 1 aliphatic carbocycles. The van der Waals surface area contributed by atoms with Gasteiger partial charge < -0.3 is 43.8 Å². The van der Waals surface area contributed by atoms with E-state index in [4.69, 9.17) is 28.7 Å². The van der Waals surface area contributed by atoms with Crippen LogP contribution in [0.3, 0.4) is 0 Å². The number of aromatic nitrogens is 2. The molecule has 1 spiro atoms. The van der Waals surface area contributed by atoms with Gasteiger partial charge in [-0.1, -0.05) is 38.1 Å². The average molecular weight is 975 g/mol. The molecule has 1 saturated carbocycles. The first-order valence-corrected chi connectivity index (χ1v) is 26.1. The lowest BCUT2D eigenvalue weighted by Gasteiger charge is -2.56. The molecule has 1 amide bonds. The van der Waals surface area contributed by atoms with Gasteiger partial charge in [-0.25, -0.2) is 13.1 Å². The second-order valence-corrected chi connectivity index (χ2v) is 22.0. The summed E-state index contributed by atoms with van der Waals surface area (Å²) in [5, 5.41) is 16.4. The fourth-order valence-corrected chi connectivity index (χ4v) is 13.3. The van der Waals surface area contributed by atoms with Crippen molar-refractivity contribution >= 4 is 55.4 Å². The van der Waals surface area contributed by atoms with E-state index in [1.54, 1.807) is 12.3 Å². The molecule has 4 saturated heterocycles. The number of anilines is 4. The number of amides is 1. The zero-order chi connectivity index (χ0) is 47.9. The Morgan fingerprint density at radius 1 is 0.943 bits per heavy atom. The zero-order valence-electron chi connectivity index (χ0n) is 39.3. The van der Waals surface area contributed by atoms with E-state index in [1.807, 2.05) is 29.2 Å². The lowest BCUT2D eigenvalue weighted by Crippen LogP contribution is -2.55. The number of carbonyl (C=O) groups is 1. The summed E-state index contributed by atoms with van der Waals surface area (Å²) >= 11 is 0. The SMILES string of the molecule is CC(C)c1ccccc1[C@@H]1CCCN1C1CC2(CCN(c3ccc(C(=O)NS(=O)(=O)c4cc5c(c([N+](=O)[O-])c4)N[C@@H]([C@H]4COCCO4)CO5)c(N4c5cc6cc[nH]c6nc5O[C@H]5COC[C@@H]54)c3)CC2)C1. The molecule has 5 aromatic rings. The summed E-state index contributed by atoms with van der Waals surface area (Å²) in [6, 6.07) is 20.7. The highest BCUT2D eigenvalue weighted by atomic mass is 32.2. The fraction of sp³-hybridized carbons (Fsp3) is 0.490. The lowest BCUT2D eigenvalue weighted by molar-refractivity contribution is -0.384. The average Bonchev–Trinajstić information content (AvgIpc) is 4.16.